The summed E-state index contributed by atoms with van der Waals surface area (Å²) in [4.78, 5) is 5.21. The number of hydrogen-bond donors (Lipinski definition) is 0. The summed E-state index contributed by atoms with van der Waals surface area (Å²) >= 11 is 0. The van der Waals surface area contributed by atoms with Crippen LogP contribution in [0, 0.1) is 17.8 Å². The summed E-state index contributed by atoms with van der Waals surface area (Å²) in [6, 6.07) is 0. The molecule has 1 rings (SSSR count). The van der Waals surface area contributed by atoms with Crippen LogP contribution in [0.3, 0.4) is 0 Å². The molecule has 0 spiro atoms. The van der Waals surface area contributed by atoms with Crippen molar-refractivity contribution >= 4 is 0 Å². The molecule has 1 fully saturated rings. The lowest BCUT2D eigenvalue weighted by Crippen LogP contribution is -2.39. The van der Waals surface area contributed by atoms with Gasteiger partial charge in [0.05, 0.1) is 0 Å². The molecule has 0 aromatic heterocycles. The van der Waals surface area contributed by atoms with Gasteiger partial charge in [-0.2, -0.15) is 0 Å². The molecule has 0 atom stereocenters. The summed E-state index contributed by atoms with van der Waals surface area (Å²) in [7, 11) is 2.29. The molecule has 1 aliphatic rings. The van der Waals surface area contributed by atoms with Crippen molar-refractivity contribution in [3.63, 3.8) is 0 Å². The molecular weight excluding hydrogens is 244 g/mol. The average molecular weight is 285 g/mol. The van der Waals surface area contributed by atoms with Gasteiger partial charge < -0.3 is 9.80 Å². The molecule has 2 heteroatoms. The smallest absolute Gasteiger partial charge is 0.000767 e. The molecule has 0 radical (unpaired) electrons. The number of likely N-dealkylation sites (tertiary alicyclic amines) is 1. The first-order valence-electron chi connectivity index (χ1n) is 8.38. The van der Waals surface area contributed by atoms with E-state index < -0.39 is 0 Å². The Bertz CT molecular complexity index is 217. The molecule has 1 heterocycles. The van der Waals surface area contributed by atoms with E-state index in [1.807, 2.05) is 0 Å². The molecule has 0 aromatic carbocycles. The zero-order valence-corrected chi connectivity index (χ0v) is 14.0. The monoisotopic (exact) mass is 284 g/mol. The van der Waals surface area contributed by atoms with Crippen molar-refractivity contribution in [1.29, 1.82) is 0 Å². The summed E-state index contributed by atoms with van der Waals surface area (Å²) < 4.78 is 0. The van der Waals surface area contributed by atoms with Crippen LogP contribution in [0.15, 0.2) is 0 Å². The summed E-state index contributed by atoms with van der Waals surface area (Å²) in [5.41, 5.74) is 0. The SMILES string of the molecule is C.CC(C)CCCN1CCC(CN(C)CC(C)C)CC1. The van der Waals surface area contributed by atoms with Gasteiger partial charge in [-0.25, -0.2) is 0 Å². The highest BCUT2D eigenvalue weighted by Crippen LogP contribution is 2.19. The Hall–Kier alpha value is -0.0800. The number of hydrogen-bond acceptors (Lipinski definition) is 2. The van der Waals surface area contributed by atoms with Crippen molar-refractivity contribution < 1.29 is 0 Å². The first-order chi connectivity index (χ1) is 8.97. The third-order valence-corrected chi connectivity index (χ3v) is 4.21. The number of rotatable bonds is 8. The van der Waals surface area contributed by atoms with Crippen molar-refractivity contribution in [2.24, 2.45) is 17.8 Å². The van der Waals surface area contributed by atoms with E-state index in [0.29, 0.717) is 0 Å². The zero-order valence-electron chi connectivity index (χ0n) is 14.0. The topological polar surface area (TPSA) is 6.48 Å². The predicted molar refractivity (Wildman–Crippen MR) is 92.3 cm³/mol. The maximum atomic E-state index is 2.68. The minimum Gasteiger partial charge on any atom is -0.306 e. The Morgan fingerprint density at radius 3 is 2.15 bits per heavy atom. The standard InChI is InChI=1S/C17H36N2.CH4/c1-15(2)7-6-10-19-11-8-17(9-12-19)14-18(5)13-16(3)4;/h15-17H,6-14H2,1-5H3;1H4. The van der Waals surface area contributed by atoms with Crippen LogP contribution >= 0.6 is 0 Å². The van der Waals surface area contributed by atoms with Gasteiger partial charge in [0.2, 0.25) is 0 Å². The third-order valence-electron chi connectivity index (χ3n) is 4.21. The summed E-state index contributed by atoms with van der Waals surface area (Å²) in [5, 5.41) is 0. The van der Waals surface area contributed by atoms with Gasteiger partial charge in [-0.1, -0.05) is 35.1 Å². The molecule has 0 aromatic rings. The molecule has 0 aliphatic carbocycles. The minimum atomic E-state index is 0. The second kappa shape index (κ2) is 10.6. The van der Waals surface area contributed by atoms with E-state index in [-0.39, 0.29) is 7.43 Å². The highest BCUT2D eigenvalue weighted by Gasteiger charge is 2.20. The quantitative estimate of drug-likeness (QED) is 0.653. The molecule has 0 bridgehead atoms. The van der Waals surface area contributed by atoms with Gasteiger partial charge in [-0.05, 0) is 70.1 Å². The summed E-state index contributed by atoms with van der Waals surface area (Å²) in [6.07, 6.45) is 5.58. The molecule has 122 valence electrons. The molecule has 2 nitrogen and oxygen atoms in total. The maximum absolute atomic E-state index is 2.68. The highest BCUT2D eigenvalue weighted by molar-refractivity contribution is 4.74. The van der Waals surface area contributed by atoms with E-state index in [9.17, 15) is 0 Å². The van der Waals surface area contributed by atoms with Crippen molar-refractivity contribution in [3.8, 4) is 0 Å². The van der Waals surface area contributed by atoms with Crippen LogP contribution in [0.4, 0.5) is 0 Å². The molecule has 0 N–H and O–H groups in total. The van der Waals surface area contributed by atoms with Crippen LogP contribution in [0.5, 0.6) is 0 Å². The lowest BCUT2D eigenvalue weighted by Gasteiger charge is -2.34. The Morgan fingerprint density at radius 2 is 1.65 bits per heavy atom. The van der Waals surface area contributed by atoms with E-state index in [1.165, 1.54) is 58.4 Å². The average Bonchev–Trinajstić information content (AvgIpc) is 2.29. The van der Waals surface area contributed by atoms with E-state index in [1.54, 1.807) is 0 Å². The summed E-state index contributed by atoms with van der Waals surface area (Å²) in [5.74, 6) is 2.59. The van der Waals surface area contributed by atoms with Gasteiger partial charge in [-0.3, -0.25) is 0 Å². The van der Waals surface area contributed by atoms with E-state index in [2.05, 4.69) is 44.5 Å². The molecule has 1 saturated heterocycles. The van der Waals surface area contributed by atoms with Crippen LogP contribution in [-0.4, -0.2) is 49.6 Å². The molecule has 0 saturated carbocycles. The van der Waals surface area contributed by atoms with Crippen LogP contribution < -0.4 is 0 Å². The predicted octanol–water partition coefficient (Wildman–Crippen LogP) is 4.36. The second-order valence-electron chi connectivity index (χ2n) is 7.44. The van der Waals surface area contributed by atoms with Crippen LogP contribution in [0.1, 0.15) is 60.8 Å². The van der Waals surface area contributed by atoms with Crippen molar-refractivity contribution in [2.45, 2.75) is 60.8 Å². The Kier molecular flexibility index (Phi) is 10.6. The number of piperidine rings is 1. The fourth-order valence-electron chi connectivity index (χ4n) is 3.25. The van der Waals surface area contributed by atoms with Crippen molar-refractivity contribution in [3.05, 3.63) is 0 Å². The van der Waals surface area contributed by atoms with Gasteiger partial charge >= 0.3 is 0 Å². The minimum absolute atomic E-state index is 0. The Morgan fingerprint density at radius 1 is 1.05 bits per heavy atom. The third kappa shape index (κ3) is 8.97. The van der Waals surface area contributed by atoms with Gasteiger partial charge in [-0.15, -0.1) is 0 Å². The Balaban J connectivity index is 0.00000361. The lowest BCUT2D eigenvalue weighted by atomic mass is 9.95. The van der Waals surface area contributed by atoms with Crippen LogP contribution in [-0.2, 0) is 0 Å². The van der Waals surface area contributed by atoms with Gasteiger partial charge in [0.15, 0.2) is 0 Å². The molecule has 0 unspecified atom stereocenters. The van der Waals surface area contributed by atoms with Crippen LogP contribution in [0.2, 0.25) is 0 Å². The van der Waals surface area contributed by atoms with E-state index >= 15 is 0 Å². The van der Waals surface area contributed by atoms with Crippen molar-refractivity contribution in [2.75, 3.05) is 39.8 Å². The van der Waals surface area contributed by atoms with Gasteiger partial charge in [0.25, 0.3) is 0 Å². The summed E-state index contributed by atoms with van der Waals surface area (Å²) in [6.45, 7) is 15.8. The normalized spacial score (nSPS) is 18.0. The zero-order chi connectivity index (χ0) is 14.3. The second-order valence-corrected chi connectivity index (χ2v) is 7.44. The first-order valence-corrected chi connectivity index (χ1v) is 8.38. The fourth-order valence-corrected chi connectivity index (χ4v) is 3.25. The van der Waals surface area contributed by atoms with E-state index in [4.69, 9.17) is 0 Å². The molecular formula is C18H40N2. The first kappa shape index (κ1) is 19.9. The molecule has 1 aliphatic heterocycles. The molecule has 20 heavy (non-hydrogen) atoms. The van der Waals surface area contributed by atoms with Crippen molar-refractivity contribution in [1.82, 2.24) is 9.80 Å². The largest absolute Gasteiger partial charge is 0.306 e. The van der Waals surface area contributed by atoms with Crippen LogP contribution in [0.25, 0.3) is 0 Å². The highest BCUT2D eigenvalue weighted by atomic mass is 15.1. The molecule has 0 amide bonds. The Labute approximate surface area is 128 Å². The van der Waals surface area contributed by atoms with Gasteiger partial charge in [0, 0.05) is 13.1 Å². The van der Waals surface area contributed by atoms with E-state index in [0.717, 1.165) is 17.8 Å². The van der Waals surface area contributed by atoms with Gasteiger partial charge in [0.1, 0.15) is 0 Å². The lowest BCUT2D eigenvalue weighted by molar-refractivity contribution is 0.147. The maximum Gasteiger partial charge on any atom is 0.000767 e. The fraction of sp³-hybridized carbons (Fsp3) is 1.00. The number of nitrogens with zero attached hydrogens (tertiary/aromatic N) is 2.